The van der Waals surface area contributed by atoms with Crippen molar-refractivity contribution in [2.75, 3.05) is 6.61 Å². The van der Waals surface area contributed by atoms with Gasteiger partial charge in [0, 0.05) is 4.47 Å². The molecule has 33 heavy (non-hydrogen) atoms. The number of rotatable bonds is 7. The maximum atomic E-state index is 13.5. The molecule has 1 aromatic heterocycles. The quantitative estimate of drug-likeness (QED) is 0.259. The molecule has 5 nitrogen and oxygen atoms in total. The van der Waals surface area contributed by atoms with E-state index in [1.54, 1.807) is 24.3 Å². The average molecular weight is 527 g/mol. The first-order chi connectivity index (χ1) is 16.0. The van der Waals surface area contributed by atoms with Crippen LogP contribution < -0.4 is 9.47 Å². The van der Waals surface area contributed by atoms with E-state index >= 15 is 0 Å². The summed E-state index contributed by atoms with van der Waals surface area (Å²) in [7, 11) is 0. The Morgan fingerprint density at radius 1 is 1.18 bits per heavy atom. The minimum absolute atomic E-state index is 0.272. The lowest BCUT2D eigenvalue weighted by atomic mass is 10.1. The molecule has 4 rings (SSSR count). The largest absolute Gasteiger partial charge is 0.490 e. The number of benzene rings is 3. The summed E-state index contributed by atoms with van der Waals surface area (Å²) in [4.78, 5) is 7.37. The van der Waals surface area contributed by atoms with Gasteiger partial charge in [0.25, 0.3) is 0 Å². The Kier molecular flexibility index (Phi) is 6.97. The number of hydrogen-bond acceptors (Lipinski definition) is 4. The van der Waals surface area contributed by atoms with Gasteiger partial charge in [-0.15, -0.1) is 0 Å². The van der Waals surface area contributed by atoms with Crippen LogP contribution in [0.4, 0.5) is 4.39 Å². The second-order valence-electron chi connectivity index (χ2n) is 7.09. The van der Waals surface area contributed by atoms with E-state index < -0.39 is 0 Å². The molecular weight excluding hydrogens is 509 g/mol. The zero-order valence-electron chi connectivity index (χ0n) is 17.5. The van der Waals surface area contributed by atoms with Crippen LogP contribution >= 0.6 is 27.5 Å². The molecule has 4 aromatic rings. The van der Waals surface area contributed by atoms with Crippen molar-refractivity contribution in [1.82, 2.24) is 9.97 Å². The highest BCUT2D eigenvalue weighted by atomic mass is 79.9. The number of ether oxygens (including phenoxy) is 2. The zero-order valence-corrected chi connectivity index (χ0v) is 19.9. The Morgan fingerprint density at radius 2 is 1.97 bits per heavy atom. The van der Waals surface area contributed by atoms with E-state index in [0.29, 0.717) is 52.2 Å². The summed E-state index contributed by atoms with van der Waals surface area (Å²) in [5.41, 5.74) is 2.97. The van der Waals surface area contributed by atoms with Gasteiger partial charge in [0.2, 0.25) is 0 Å². The topological polar surface area (TPSA) is 70.9 Å². The van der Waals surface area contributed by atoms with Crippen LogP contribution in [0.25, 0.3) is 22.7 Å². The van der Waals surface area contributed by atoms with Crippen LogP contribution in [0.2, 0.25) is 5.02 Å². The second kappa shape index (κ2) is 10.1. The summed E-state index contributed by atoms with van der Waals surface area (Å²) in [6.45, 7) is 2.60. The number of allylic oxidation sites excluding steroid dienone is 1. The van der Waals surface area contributed by atoms with Gasteiger partial charge >= 0.3 is 0 Å². The molecule has 0 atom stereocenters. The Balaban J connectivity index is 1.65. The molecule has 0 saturated heterocycles. The Hall–Kier alpha value is -3.34. The van der Waals surface area contributed by atoms with Crippen LogP contribution in [-0.2, 0) is 6.61 Å². The molecule has 0 fully saturated rings. The molecule has 0 unspecified atom stereocenters. The summed E-state index contributed by atoms with van der Waals surface area (Å²) in [5, 5.41) is 10.1. The summed E-state index contributed by atoms with van der Waals surface area (Å²) < 4.78 is 26.2. The molecule has 0 saturated carbocycles. The number of H-pyrrole nitrogens is 1. The maximum Gasteiger partial charge on any atom is 0.180 e. The number of halogens is 3. The molecule has 166 valence electrons. The van der Waals surface area contributed by atoms with Gasteiger partial charge in [-0.2, -0.15) is 5.26 Å². The predicted octanol–water partition coefficient (Wildman–Crippen LogP) is 7.16. The molecule has 0 aliphatic heterocycles. The van der Waals surface area contributed by atoms with E-state index in [-0.39, 0.29) is 11.4 Å². The lowest BCUT2D eigenvalue weighted by molar-refractivity contribution is 0.269. The highest BCUT2D eigenvalue weighted by Crippen LogP contribution is 2.38. The molecule has 0 bridgehead atoms. The lowest BCUT2D eigenvalue weighted by Gasteiger charge is -2.15. The number of aromatic nitrogens is 2. The minimum Gasteiger partial charge on any atom is -0.490 e. The fourth-order valence-corrected chi connectivity index (χ4v) is 3.78. The van der Waals surface area contributed by atoms with Crippen molar-refractivity contribution in [2.45, 2.75) is 13.5 Å². The molecular formula is C25H18BrClFN3O2. The van der Waals surface area contributed by atoms with Crippen LogP contribution in [-0.4, -0.2) is 16.6 Å². The van der Waals surface area contributed by atoms with Crippen LogP contribution in [0, 0.1) is 17.1 Å². The first kappa shape index (κ1) is 22.8. The number of nitrogens with zero attached hydrogens (tertiary/aromatic N) is 2. The Morgan fingerprint density at radius 3 is 2.70 bits per heavy atom. The van der Waals surface area contributed by atoms with Crippen LogP contribution in [0.5, 0.6) is 11.5 Å². The normalized spacial score (nSPS) is 11.4. The predicted molar refractivity (Wildman–Crippen MR) is 131 cm³/mol. The Bertz CT molecular complexity index is 1380. The van der Waals surface area contributed by atoms with Crippen molar-refractivity contribution in [1.29, 1.82) is 5.26 Å². The number of nitrogens with one attached hydrogen (secondary N) is 1. The van der Waals surface area contributed by atoms with E-state index in [4.69, 9.17) is 21.1 Å². The van der Waals surface area contributed by atoms with Crippen LogP contribution in [0.3, 0.4) is 0 Å². The molecule has 1 heterocycles. The second-order valence-corrected chi connectivity index (χ2v) is 8.42. The monoisotopic (exact) mass is 525 g/mol. The molecule has 3 aromatic carbocycles. The third-order valence-corrected chi connectivity index (χ3v) is 5.57. The number of imidazole rings is 1. The van der Waals surface area contributed by atoms with Crippen molar-refractivity contribution < 1.29 is 13.9 Å². The molecule has 0 aliphatic carbocycles. The number of nitriles is 1. The van der Waals surface area contributed by atoms with E-state index in [1.807, 2.05) is 31.2 Å². The summed E-state index contributed by atoms with van der Waals surface area (Å²) in [5.74, 6) is 0.850. The molecule has 0 aliphatic rings. The highest BCUT2D eigenvalue weighted by Gasteiger charge is 2.14. The number of fused-ring (bicyclic) bond motifs is 1. The van der Waals surface area contributed by atoms with Gasteiger partial charge in [-0.25, -0.2) is 9.37 Å². The molecule has 8 heteroatoms. The molecule has 0 amide bonds. The average Bonchev–Trinajstić information content (AvgIpc) is 3.21. The SMILES string of the molecule is CCOc1cc(/C=C(/C#N)c2nc3ccc(F)cc3[nH]2)cc(Cl)c1OCc1ccc(Br)cc1. The molecule has 0 spiro atoms. The lowest BCUT2D eigenvalue weighted by Crippen LogP contribution is -2.01. The van der Waals surface area contributed by atoms with Gasteiger partial charge in [-0.05, 0) is 66.6 Å². The summed E-state index contributed by atoms with van der Waals surface area (Å²) >= 11 is 9.94. The zero-order chi connectivity index (χ0) is 23.4. The summed E-state index contributed by atoms with van der Waals surface area (Å²) in [6, 6.07) is 17.6. The van der Waals surface area contributed by atoms with Gasteiger partial charge in [0.15, 0.2) is 11.5 Å². The smallest absolute Gasteiger partial charge is 0.180 e. The molecule has 0 radical (unpaired) electrons. The van der Waals surface area contributed by atoms with Gasteiger partial charge < -0.3 is 14.5 Å². The van der Waals surface area contributed by atoms with Crippen LogP contribution in [0.1, 0.15) is 23.9 Å². The van der Waals surface area contributed by atoms with Gasteiger partial charge in [-0.3, -0.25) is 0 Å². The third-order valence-electron chi connectivity index (χ3n) is 4.76. The highest BCUT2D eigenvalue weighted by molar-refractivity contribution is 9.10. The first-order valence-electron chi connectivity index (χ1n) is 10.1. The van der Waals surface area contributed by atoms with Gasteiger partial charge in [0.05, 0.1) is 28.2 Å². The van der Waals surface area contributed by atoms with E-state index in [1.165, 1.54) is 12.1 Å². The van der Waals surface area contributed by atoms with E-state index in [2.05, 4.69) is 32.0 Å². The van der Waals surface area contributed by atoms with Crippen molar-refractivity contribution in [2.24, 2.45) is 0 Å². The van der Waals surface area contributed by atoms with Crippen molar-refractivity contribution in [3.05, 3.63) is 86.9 Å². The Labute approximate surface area is 203 Å². The fraction of sp³-hybridized carbons (Fsp3) is 0.120. The standard InChI is InChI=1S/C25H18BrClFN3O2/c1-2-32-23-11-16(10-20(27)24(23)33-14-15-3-5-18(26)6-4-15)9-17(13-29)25-30-21-8-7-19(28)12-22(21)31-25/h3-12H,2,14H2,1H3,(H,30,31)/b17-9-. The maximum absolute atomic E-state index is 13.5. The van der Waals surface area contributed by atoms with Crippen molar-refractivity contribution in [3.63, 3.8) is 0 Å². The first-order valence-corrected chi connectivity index (χ1v) is 11.2. The molecule has 1 N–H and O–H groups in total. The van der Waals surface area contributed by atoms with Crippen LogP contribution in [0.15, 0.2) is 59.1 Å². The summed E-state index contributed by atoms with van der Waals surface area (Å²) in [6.07, 6.45) is 1.64. The van der Waals surface area contributed by atoms with Gasteiger partial charge in [-0.1, -0.05) is 39.7 Å². The number of aromatic amines is 1. The third kappa shape index (κ3) is 5.36. The number of hydrogen-bond donors (Lipinski definition) is 1. The van der Waals surface area contributed by atoms with Crippen molar-refractivity contribution in [3.8, 4) is 17.6 Å². The minimum atomic E-state index is -0.382. The fourth-order valence-electron chi connectivity index (χ4n) is 3.24. The van der Waals surface area contributed by atoms with E-state index in [9.17, 15) is 9.65 Å². The van der Waals surface area contributed by atoms with E-state index in [0.717, 1.165) is 10.0 Å². The van der Waals surface area contributed by atoms with Crippen molar-refractivity contribution >= 4 is 50.2 Å². The van der Waals surface area contributed by atoms with Gasteiger partial charge in [0.1, 0.15) is 24.3 Å².